The molecule has 0 amide bonds. The molecule has 1 aliphatic rings. The summed E-state index contributed by atoms with van der Waals surface area (Å²) < 4.78 is 31.5. The van der Waals surface area contributed by atoms with Gasteiger partial charge in [-0.1, -0.05) is 0 Å². The maximum atomic E-state index is 12.4. The third kappa shape index (κ3) is 3.14. The fourth-order valence-electron chi connectivity index (χ4n) is 2.24. The zero-order valence-electron chi connectivity index (χ0n) is 11.0. The minimum Gasteiger partial charge on any atom is -0.381 e. The number of nitrogens with two attached hydrogens (primary N) is 1. The Balaban J connectivity index is 2.10. The van der Waals surface area contributed by atoms with Gasteiger partial charge in [0.1, 0.15) is 0 Å². The van der Waals surface area contributed by atoms with Gasteiger partial charge in [0.2, 0.25) is 0 Å². The van der Waals surface area contributed by atoms with Crippen molar-refractivity contribution in [1.29, 1.82) is 0 Å². The Morgan fingerprint density at radius 2 is 2.42 bits per heavy atom. The van der Waals surface area contributed by atoms with Gasteiger partial charge in [-0.2, -0.15) is 9.40 Å². The normalized spacial score (nSPS) is 20.9. The maximum absolute atomic E-state index is 12.4. The van der Waals surface area contributed by atoms with E-state index in [0.717, 1.165) is 19.4 Å². The average molecular weight is 288 g/mol. The molecule has 1 atom stereocenters. The fourth-order valence-corrected chi connectivity index (χ4v) is 3.59. The fraction of sp³-hybridized carbons (Fsp3) is 0.727. The number of aromatic nitrogens is 2. The molecule has 7 nitrogen and oxygen atoms in total. The number of sulfonamides is 1. The monoisotopic (exact) mass is 288 g/mol. The lowest BCUT2D eigenvalue weighted by molar-refractivity contribution is 0.0495. The molecule has 3 N–H and O–H groups in total. The largest absolute Gasteiger partial charge is 0.381 e. The van der Waals surface area contributed by atoms with Gasteiger partial charge in [0, 0.05) is 32.3 Å². The predicted molar refractivity (Wildman–Crippen MR) is 69.8 cm³/mol. The van der Waals surface area contributed by atoms with Crippen molar-refractivity contribution in [3.63, 3.8) is 0 Å². The second-order valence-electron chi connectivity index (χ2n) is 4.80. The van der Waals surface area contributed by atoms with Crippen molar-refractivity contribution in [2.24, 2.45) is 11.7 Å². The smallest absolute Gasteiger partial charge is 0.260 e. The minimum absolute atomic E-state index is 0.0919. The molecular weight excluding hydrogens is 268 g/mol. The van der Waals surface area contributed by atoms with E-state index in [1.165, 1.54) is 10.5 Å². The van der Waals surface area contributed by atoms with Crippen LogP contribution in [-0.4, -0.2) is 49.7 Å². The van der Waals surface area contributed by atoms with Crippen molar-refractivity contribution in [2.75, 3.05) is 26.8 Å². The van der Waals surface area contributed by atoms with Crippen LogP contribution in [-0.2, 0) is 21.3 Å². The van der Waals surface area contributed by atoms with E-state index < -0.39 is 10.0 Å². The summed E-state index contributed by atoms with van der Waals surface area (Å²) in [5.74, 6) is 0.248. The average Bonchev–Trinajstić information content (AvgIpc) is 2.88. The van der Waals surface area contributed by atoms with E-state index in [-0.39, 0.29) is 17.5 Å². The van der Waals surface area contributed by atoms with E-state index in [4.69, 9.17) is 10.5 Å². The summed E-state index contributed by atoms with van der Waals surface area (Å²) >= 11 is 0. The molecule has 8 heteroatoms. The van der Waals surface area contributed by atoms with Crippen LogP contribution in [0, 0.1) is 5.92 Å². The first-order valence-corrected chi connectivity index (χ1v) is 7.76. The van der Waals surface area contributed by atoms with Gasteiger partial charge in [-0.05, 0) is 18.8 Å². The molecule has 0 radical (unpaired) electrons. The van der Waals surface area contributed by atoms with Crippen LogP contribution in [0.15, 0.2) is 11.2 Å². The van der Waals surface area contributed by atoms with Crippen molar-refractivity contribution in [2.45, 2.75) is 24.4 Å². The zero-order chi connectivity index (χ0) is 13.9. The molecule has 0 aromatic carbocycles. The first kappa shape index (κ1) is 14.4. The summed E-state index contributed by atoms with van der Waals surface area (Å²) in [4.78, 5) is 0. The highest BCUT2D eigenvalue weighted by Gasteiger charge is 2.28. The molecule has 2 heterocycles. The number of nitrogens with zero attached hydrogens (tertiary/aromatic N) is 2. The molecule has 2 rings (SSSR count). The van der Waals surface area contributed by atoms with Crippen LogP contribution in [0.5, 0.6) is 0 Å². The van der Waals surface area contributed by atoms with Crippen molar-refractivity contribution >= 4 is 10.0 Å². The summed E-state index contributed by atoms with van der Waals surface area (Å²) in [6.07, 6.45) is 3.42. The molecule has 0 bridgehead atoms. The van der Waals surface area contributed by atoms with Crippen LogP contribution < -0.4 is 5.73 Å². The number of H-pyrrole nitrogens is 1. The number of hydrogen-bond donors (Lipinski definition) is 2. The van der Waals surface area contributed by atoms with Crippen LogP contribution in [0.25, 0.3) is 0 Å². The van der Waals surface area contributed by atoms with E-state index >= 15 is 0 Å². The number of ether oxygens (including phenoxy) is 1. The first-order chi connectivity index (χ1) is 9.05. The second kappa shape index (κ2) is 6.00. The van der Waals surface area contributed by atoms with E-state index in [0.29, 0.717) is 18.7 Å². The van der Waals surface area contributed by atoms with E-state index in [1.807, 2.05) is 0 Å². The quantitative estimate of drug-likeness (QED) is 0.789. The summed E-state index contributed by atoms with van der Waals surface area (Å²) in [5.41, 5.74) is 6.02. The third-order valence-electron chi connectivity index (χ3n) is 3.34. The number of aromatic amines is 1. The van der Waals surface area contributed by atoms with Gasteiger partial charge < -0.3 is 10.5 Å². The maximum Gasteiger partial charge on any atom is 0.260 e. The molecule has 1 aromatic heterocycles. The van der Waals surface area contributed by atoms with Crippen molar-refractivity contribution in [3.8, 4) is 0 Å². The molecule has 19 heavy (non-hydrogen) atoms. The molecule has 1 aliphatic heterocycles. The Bertz CT molecular complexity index is 508. The lowest BCUT2D eigenvalue weighted by atomic mass is 10.0. The Hall–Kier alpha value is -0.960. The van der Waals surface area contributed by atoms with Crippen LogP contribution in [0.2, 0.25) is 0 Å². The highest BCUT2D eigenvalue weighted by atomic mass is 32.2. The predicted octanol–water partition coefficient (Wildman–Crippen LogP) is -0.0845. The summed E-state index contributed by atoms with van der Waals surface area (Å²) in [7, 11) is -1.98. The Morgan fingerprint density at radius 1 is 1.63 bits per heavy atom. The van der Waals surface area contributed by atoms with Gasteiger partial charge in [-0.15, -0.1) is 0 Å². The van der Waals surface area contributed by atoms with Crippen molar-refractivity contribution in [3.05, 3.63) is 11.8 Å². The Kier molecular flexibility index (Phi) is 4.56. The Labute approximate surface area is 113 Å². The molecule has 1 aromatic rings. The third-order valence-corrected chi connectivity index (χ3v) is 5.18. The second-order valence-corrected chi connectivity index (χ2v) is 6.78. The summed E-state index contributed by atoms with van der Waals surface area (Å²) in [6.45, 7) is 1.98. The molecule has 0 saturated carbocycles. The molecule has 1 unspecified atom stereocenters. The lowest BCUT2D eigenvalue weighted by Gasteiger charge is -2.26. The molecule has 1 fully saturated rings. The number of rotatable bonds is 5. The van der Waals surface area contributed by atoms with E-state index in [1.54, 1.807) is 7.05 Å². The van der Waals surface area contributed by atoms with Crippen molar-refractivity contribution < 1.29 is 13.2 Å². The zero-order valence-corrected chi connectivity index (χ0v) is 11.8. The molecule has 0 spiro atoms. The molecule has 1 saturated heterocycles. The number of nitrogens with one attached hydrogen (secondary N) is 1. The summed E-state index contributed by atoms with van der Waals surface area (Å²) in [6, 6.07) is 0. The van der Waals surface area contributed by atoms with Crippen LogP contribution in [0.3, 0.4) is 0 Å². The van der Waals surface area contributed by atoms with Gasteiger partial charge in [0.15, 0.2) is 5.03 Å². The van der Waals surface area contributed by atoms with Crippen LogP contribution in [0.4, 0.5) is 0 Å². The standard InChI is InChI=1S/C11H20N4O3S/c1-15(7-9-3-2-4-18-8-9)19(16,17)11-10(5-12)6-13-14-11/h6,9H,2-5,7-8,12H2,1H3,(H,13,14). The molecule has 0 aliphatic carbocycles. The van der Waals surface area contributed by atoms with Gasteiger partial charge in [0.25, 0.3) is 10.0 Å². The van der Waals surface area contributed by atoms with E-state index in [9.17, 15) is 8.42 Å². The highest BCUT2D eigenvalue weighted by molar-refractivity contribution is 7.89. The first-order valence-electron chi connectivity index (χ1n) is 6.32. The van der Waals surface area contributed by atoms with Gasteiger partial charge in [-0.3, -0.25) is 5.10 Å². The molecular formula is C11H20N4O3S. The van der Waals surface area contributed by atoms with Crippen LogP contribution >= 0.6 is 0 Å². The topological polar surface area (TPSA) is 101 Å². The summed E-state index contributed by atoms with van der Waals surface area (Å²) in [5, 5.41) is 6.37. The van der Waals surface area contributed by atoms with Crippen molar-refractivity contribution in [1.82, 2.24) is 14.5 Å². The van der Waals surface area contributed by atoms with Gasteiger partial charge in [0.05, 0.1) is 12.8 Å². The van der Waals surface area contributed by atoms with Crippen LogP contribution in [0.1, 0.15) is 18.4 Å². The van der Waals surface area contributed by atoms with E-state index in [2.05, 4.69) is 10.2 Å². The van der Waals surface area contributed by atoms with Gasteiger partial charge >= 0.3 is 0 Å². The number of hydrogen-bond acceptors (Lipinski definition) is 5. The lowest BCUT2D eigenvalue weighted by Crippen LogP contribution is -2.35. The Morgan fingerprint density at radius 3 is 3.05 bits per heavy atom. The highest BCUT2D eigenvalue weighted by Crippen LogP contribution is 2.20. The SMILES string of the molecule is CN(CC1CCCOC1)S(=O)(=O)c1[nH]ncc1CN. The van der Waals surface area contributed by atoms with Gasteiger partial charge in [-0.25, -0.2) is 8.42 Å². The molecule has 108 valence electrons. The minimum atomic E-state index is -3.56.